The number of carbonyl (C=O) groups is 3. The van der Waals surface area contributed by atoms with Crippen molar-refractivity contribution in [2.75, 3.05) is 12.4 Å². The van der Waals surface area contributed by atoms with Crippen molar-refractivity contribution in [2.45, 2.75) is 38.5 Å². The van der Waals surface area contributed by atoms with Crippen LogP contribution in [0.5, 0.6) is 5.75 Å². The minimum Gasteiger partial charge on any atom is -0.495 e. The van der Waals surface area contributed by atoms with Gasteiger partial charge >= 0.3 is 11.9 Å². The van der Waals surface area contributed by atoms with Crippen LogP contribution in [0, 0.1) is 0 Å². The zero-order valence-electron chi connectivity index (χ0n) is 14.8. The van der Waals surface area contributed by atoms with E-state index in [0.29, 0.717) is 30.0 Å². The minimum absolute atomic E-state index is 0.183. The Morgan fingerprint density at radius 3 is 2.54 bits per heavy atom. The maximum atomic E-state index is 12.5. The average molecular weight is 360 g/mol. The molecule has 8 nitrogen and oxygen atoms in total. The number of hydrogen-bond acceptors (Lipinski definition) is 7. The molecule has 1 atom stereocenters. The number of carbonyl (C=O) groups excluding carboxylic acids is 3. The lowest BCUT2D eigenvalue weighted by atomic mass is 10.1. The number of nitrogens with one attached hydrogen (secondary N) is 2. The van der Waals surface area contributed by atoms with Crippen molar-refractivity contribution in [3.63, 3.8) is 0 Å². The Morgan fingerprint density at radius 1 is 1.23 bits per heavy atom. The van der Waals surface area contributed by atoms with E-state index in [1.54, 1.807) is 24.3 Å². The fourth-order valence-electron chi connectivity index (χ4n) is 2.90. The molecule has 2 aliphatic rings. The van der Waals surface area contributed by atoms with Crippen molar-refractivity contribution in [3.05, 3.63) is 35.5 Å². The van der Waals surface area contributed by atoms with Gasteiger partial charge in [-0.05, 0) is 25.0 Å². The molecule has 138 valence electrons. The summed E-state index contributed by atoms with van der Waals surface area (Å²) < 4.78 is 15.4. The number of allylic oxidation sites excluding steroid dienone is 1. The van der Waals surface area contributed by atoms with Gasteiger partial charge in [0.2, 0.25) is 5.91 Å². The number of para-hydroxylation sites is 2. The quantitative estimate of drug-likeness (QED) is 0.478. The molecule has 1 aromatic rings. The zero-order valence-corrected chi connectivity index (χ0v) is 14.8. The second-order valence-corrected chi connectivity index (χ2v) is 6.46. The number of hydrogen-bond donors (Lipinski definition) is 2. The van der Waals surface area contributed by atoms with Crippen molar-refractivity contribution in [1.82, 2.24) is 5.32 Å². The molecule has 0 saturated carbocycles. The van der Waals surface area contributed by atoms with E-state index in [4.69, 9.17) is 14.2 Å². The first-order valence-electron chi connectivity index (χ1n) is 8.21. The fraction of sp³-hybridized carbons (Fsp3) is 0.389. The Morgan fingerprint density at radius 2 is 1.88 bits per heavy atom. The van der Waals surface area contributed by atoms with Crippen molar-refractivity contribution in [3.8, 4) is 5.75 Å². The summed E-state index contributed by atoms with van der Waals surface area (Å²) in [7, 11) is 1.52. The van der Waals surface area contributed by atoms with Gasteiger partial charge in [-0.1, -0.05) is 12.1 Å². The number of ether oxygens (including phenoxy) is 3. The van der Waals surface area contributed by atoms with Gasteiger partial charge in [0, 0.05) is 19.5 Å². The zero-order chi connectivity index (χ0) is 18.9. The van der Waals surface area contributed by atoms with E-state index in [1.165, 1.54) is 21.0 Å². The third kappa shape index (κ3) is 3.49. The summed E-state index contributed by atoms with van der Waals surface area (Å²) in [4.78, 5) is 36.7. The first-order valence-corrected chi connectivity index (χ1v) is 8.21. The lowest BCUT2D eigenvalue weighted by Gasteiger charge is -2.30. The molecule has 2 N–H and O–H groups in total. The molecule has 1 amide bonds. The average Bonchev–Trinajstić information content (AvgIpc) is 3.03. The Labute approximate surface area is 150 Å². The molecule has 0 spiro atoms. The van der Waals surface area contributed by atoms with Crippen molar-refractivity contribution in [1.29, 1.82) is 0 Å². The Kier molecular flexibility index (Phi) is 4.58. The standard InChI is InChI=1S/C18H20N2O6/c1-18(2)25-16(22)14(17(23)26-18)11-8-9-12(19-11)15(21)20-10-6-4-5-7-13(10)24-3/h4-7,12,19H,8-9H2,1-3H3,(H,20,21). The Balaban J connectivity index is 1.73. The van der Waals surface area contributed by atoms with Gasteiger partial charge < -0.3 is 24.8 Å². The van der Waals surface area contributed by atoms with Gasteiger partial charge in [0.25, 0.3) is 5.79 Å². The Bertz CT molecular complexity index is 777. The lowest BCUT2D eigenvalue weighted by molar-refractivity contribution is -0.222. The molecule has 1 aromatic carbocycles. The molecule has 0 radical (unpaired) electrons. The van der Waals surface area contributed by atoms with Gasteiger partial charge in [-0.15, -0.1) is 0 Å². The summed E-state index contributed by atoms with van der Waals surface area (Å²) in [6.07, 6.45) is 0.799. The molecular weight excluding hydrogens is 340 g/mol. The molecule has 26 heavy (non-hydrogen) atoms. The van der Waals surface area contributed by atoms with Crippen LogP contribution in [-0.4, -0.2) is 36.8 Å². The summed E-state index contributed by atoms with van der Waals surface area (Å²) in [5, 5.41) is 5.71. The van der Waals surface area contributed by atoms with E-state index in [1.807, 2.05) is 0 Å². The smallest absolute Gasteiger partial charge is 0.350 e. The predicted octanol–water partition coefficient (Wildman–Crippen LogP) is 1.48. The largest absolute Gasteiger partial charge is 0.495 e. The van der Waals surface area contributed by atoms with E-state index in [9.17, 15) is 14.4 Å². The molecule has 1 unspecified atom stereocenters. The van der Waals surface area contributed by atoms with Gasteiger partial charge in [0.05, 0.1) is 12.8 Å². The van der Waals surface area contributed by atoms with Crippen LogP contribution in [0.25, 0.3) is 0 Å². The normalized spacial score (nSPS) is 21.6. The van der Waals surface area contributed by atoms with Crippen LogP contribution in [0.15, 0.2) is 35.5 Å². The third-order valence-electron chi connectivity index (χ3n) is 4.10. The number of cyclic esters (lactones) is 2. The van der Waals surface area contributed by atoms with Crippen LogP contribution in [0.3, 0.4) is 0 Å². The number of amides is 1. The van der Waals surface area contributed by atoms with Crippen molar-refractivity contribution in [2.24, 2.45) is 0 Å². The second-order valence-electron chi connectivity index (χ2n) is 6.46. The molecule has 0 bridgehead atoms. The van der Waals surface area contributed by atoms with Crippen LogP contribution in [0.4, 0.5) is 5.69 Å². The van der Waals surface area contributed by atoms with Gasteiger partial charge in [0.1, 0.15) is 11.8 Å². The highest BCUT2D eigenvalue weighted by molar-refractivity contribution is 6.16. The predicted molar refractivity (Wildman–Crippen MR) is 91.1 cm³/mol. The van der Waals surface area contributed by atoms with Crippen LogP contribution in [0.1, 0.15) is 26.7 Å². The number of anilines is 1. The SMILES string of the molecule is COc1ccccc1NC(=O)C1CCC(=C2C(=O)OC(C)(C)OC2=O)N1. The Hall–Kier alpha value is -3.03. The van der Waals surface area contributed by atoms with Crippen molar-refractivity contribution >= 4 is 23.5 Å². The number of benzene rings is 1. The van der Waals surface area contributed by atoms with Crippen LogP contribution < -0.4 is 15.4 Å². The van der Waals surface area contributed by atoms with E-state index in [0.717, 1.165) is 0 Å². The van der Waals surface area contributed by atoms with Gasteiger partial charge in [-0.3, -0.25) is 4.79 Å². The van der Waals surface area contributed by atoms with Crippen LogP contribution in [-0.2, 0) is 23.9 Å². The number of rotatable bonds is 3. The maximum Gasteiger partial charge on any atom is 0.350 e. The molecule has 3 rings (SSSR count). The number of methoxy groups -OCH3 is 1. The summed E-state index contributed by atoms with van der Waals surface area (Å²) in [6, 6.07) is 6.46. The highest BCUT2D eigenvalue weighted by atomic mass is 16.7. The fourth-order valence-corrected chi connectivity index (χ4v) is 2.90. The summed E-state index contributed by atoms with van der Waals surface area (Å²) in [5.74, 6) is -2.54. The highest BCUT2D eigenvalue weighted by Crippen LogP contribution is 2.29. The summed E-state index contributed by atoms with van der Waals surface area (Å²) in [5.41, 5.74) is 0.716. The molecule has 2 fully saturated rings. The third-order valence-corrected chi connectivity index (χ3v) is 4.10. The van der Waals surface area contributed by atoms with Crippen LogP contribution >= 0.6 is 0 Å². The molecule has 0 aromatic heterocycles. The lowest BCUT2D eigenvalue weighted by Crippen LogP contribution is -2.43. The maximum absolute atomic E-state index is 12.5. The monoisotopic (exact) mass is 360 g/mol. The van der Waals surface area contributed by atoms with E-state index in [2.05, 4.69) is 10.6 Å². The highest BCUT2D eigenvalue weighted by Gasteiger charge is 2.42. The first kappa shape index (κ1) is 17.8. The molecule has 2 saturated heterocycles. The molecule has 0 aliphatic carbocycles. The molecule has 2 heterocycles. The van der Waals surface area contributed by atoms with Gasteiger partial charge in [-0.2, -0.15) is 0 Å². The molecule has 8 heteroatoms. The first-order chi connectivity index (χ1) is 12.3. The summed E-state index contributed by atoms with van der Waals surface area (Å²) in [6.45, 7) is 2.96. The minimum atomic E-state index is -1.29. The second kappa shape index (κ2) is 6.70. The van der Waals surface area contributed by atoms with Gasteiger partial charge in [0.15, 0.2) is 5.57 Å². The van der Waals surface area contributed by atoms with E-state index < -0.39 is 23.8 Å². The summed E-state index contributed by atoms with van der Waals surface area (Å²) >= 11 is 0. The number of esters is 2. The van der Waals surface area contributed by atoms with Crippen LogP contribution in [0.2, 0.25) is 0 Å². The van der Waals surface area contributed by atoms with Gasteiger partial charge in [-0.25, -0.2) is 9.59 Å². The molecular formula is C18H20N2O6. The van der Waals surface area contributed by atoms with E-state index >= 15 is 0 Å². The van der Waals surface area contributed by atoms with Crippen molar-refractivity contribution < 1.29 is 28.6 Å². The molecule has 2 aliphatic heterocycles. The topological polar surface area (TPSA) is 103 Å². The van der Waals surface area contributed by atoms with E-state index in [-0.39, 0.29) is 11.5 Å².